The molecule has 2 atom stereocenters. The highest BCUT2D eigenvalue weighted by Gasteiger charge is 2.37. The molecule has 0 radical (unpaired) electrons. The molecule has 3 rings (SSSR count). The number of anilines is 1. The van der Waals surface area contributed by atoms with Crippen molar-refractivity contribution in [2.75, 3.05) is 11.9 Å². The van der Waals surface area contributed by atoms with Crippen molar-refractivity contribution < 1.29 is 4.74 Å². The molecule has 5 nitrogen and oxygen atoms in total. The third-order valence-electron chi connectivity index (χ3n) is 4.42. The molecule has 2 unspecified atom stereocenters. The van der Waals surface area contributed by atoms with Gasteiger partial charge >= 0.3 is 0 Å². The molecule has 110 valence electrons. The average molecular weight is 342 g/mol. The molecule has 2 aliphatic rings. The van der Waals surface area contributed by atoms with Gasteiger partial charge in [0.15, 0.2) is 0 Å². The van der Waals surface area contributed by atoms with Gasteiger partial charge < -0.3 is 10.1 Å². The summed E-state index contributed by atoms with van der Waals surface area (Å²) in [6.07, 6.45) is 5.19. The Morgan fingerprint density at radius 2 is 2.35 bits per heavy atom. The number of nitrogens with zero attached hydrogens (tertiary/aromatic N) is 2. The first-order chi connectivity index (χ1) is 9.49. The van der Waals surface area contributed by atoms with Gasteiger partial charge in [-0.2, -0.15) is 5.10 Å². The molecule has 1 saturated heterocycles. The van der Waals surface area contributed by atoms with E-state index in [1.807, 2.05) is 0 Å². The molecule has 1 aromatic rings. The summed E-state index contributed by atoms with van der Waals surface area (Å²) in [5.41, 5.74) is 0.540. The quantitative estimate of drug-likeness (QED) is 0.913. The summed E-state index contributed by atoms with van der Waals surface area (Å²) in [4.78, 5) is 12.3. The average Bonchev–Trinajstić information content (AvgIpc) is 3.16. The lowest BCUT2D eigenvalue weighted by atomic mass is 9.94. The topological polar surface area (TPSA) is 56.1 Å². The Hall–Kier alpha value is -0.880. The Labute approximate surface area is 126 Å². The molecule has 2 heterocycles. The van der Waals surface area contributed by atoms with Crippen LogP contribution in [0, 0.1) is 5.92 Å². The molecule has 0 spiro atoms. The van der Waals surface area contributed by atoms with E-state index in [1.54, 1.807) is 10.9 Å². The van der Waals surface area contributed by atoms with E-state index >= 15 is 0 Å². The molecule has 20 heavy (non-hydrogen) atoms. The first-order valence-electron chi connectivity index (χ1n) is 7.15. The molecule has 0 bridgehead atoms. The summed E-state index contributed by atoms with van der Waals surface area (Å²) in [6, 6.07) is 0. The lowest BCUT2D eigenvalue weighted by molar-refractivity contribution is 0.105. The van der Waals surface area contributed by atoms with Crippen molar-refractivity contribution in [3.8, 4) is 0 Å². The van der Waals surface area contributed by atoms with Gasteiger partial charge in [0.2, 0.25) is 0 Å². The highest BCUT2D eigenvalue weighted by molar-refractivity contribution is 9.10. The molecule has 1 saturated carbocycles. The second kappa shape index (κ2) is 5.15. The minimum Gasteiger partial charge on any atom is -0.376 e. The molecule has 1 aromatic heterocycles. The molecule has 1 N–H and O–H groups in total. The van der Waals surface area contributed by atoms with Gasteiger partial charge in [-0.15, -0.1) is 0 Å². The van der Waals surface area contributed by atoms with Gasteiger partial charge in [-0.25, -0.2) is 4.68 Å². The van der Waals surface area contributed by atoms with Crippen molar-refractivity contribution in [2.24, 2.45) is 5.92 Å². The number of aromatic nitrogens is 2. The number of hydrogen-bond acceptors (Lipinski definition) is 4. The Morgan fingerprint density at radius 3 is 2.95 bits per heavy atom. The van der Waals surface area contributed by atoms with Crippen LogP contribution in [0.5, 0.6) is 0 Å². The lowest BCUT2D eigenvalue weighted by Gasteiger charge is -2.30. The van der Waals surface area contributed by atoms with Crippen LogP contribution in [0.3, 0.4) is 0 Å². The van der Waals surface area contributed by atoms with Crippen molar-refractivity contribution in [1.29, 1.82) is 0 Å². The second-order valence-electron chi connectivity index (χ2n) is 6.11. The standard InChI is InChI=1S/C14H20BrN3O2/c1-9-14(2,5-6-20-9)17-11-7-16-18(8-10-3-4-10)13(19)12(11)15/h7,9-10,17H,3-6,8H2,1-2H3. The summed E-state index contributed by atoms with van der Waals surface area (Å²) in [6.45, 7) is 5.64. The molecule has 0 amide bonds. The minimum atomic E-state index is -0.153. The molecular weight excluding hydrogens is 322 g/mol. The van der Waals surface area contributed by atoms with E-state index in [1.165, 1.54) is 12.8 Å². The van der Waals surface area contributed by atoms with Gasteiger partial charge in [0, 0.05) is 13.2 Å². The van der Waals surface area contributed by atoms with E-state index < -0.39 is 0 Å². The van der Waals surface area contributed by atoms with E-state index in [0.717, 1.165) is 25.3 Å². The maximum atomic E-state index is 12.3. The van der Waals surface area contributed by atoms with E-state index in [4.69, 9.17) is 4.74 Å². The monoisotopic (exact) mass is 341 g/mol. The number of hydrogen-bond donors (Lipinski definition) is 1. The van der Waals surface area contributed by atoms with E-state index in [-0.39, 0.29) is 17.2 Å². The van der Waals surface area contributed by atoms with Crippen LogP contribution >= 0.6 is 15.9 Å². The maximum absolute atomic E-state index is 12.3. The van der Waals surface area contributed by atoms with Crippen LogP contribution in [0.15, 0.2) is 15.5 Å². The highest BCUT2D eigenvalue weighted by atomic mass is 79.9. The van der Waals surface area contributed by atoms with Crippen LogP contribution in [0.2, 0.25) is 0 Å². The predicted molar refractivity (Wildman–Crippen MR) is 81.0 cm³/mol. The van der Waals surface area contributed by atoms with Crippen molar-refractivity contribution in [2.45, 2.75) is 51.3 Å². The highest BCUT2D eigenvalue weighted by Crippen LogP contribution is 2.32. The summed E-state index contributed by atoms with van der Waals surface area (Å²) in [7, 11) is 0. The van der Waals surface area contributed by atoms with Crippen molar-refractivity contribution in [1.82, 2.24) is 9.78 Å². The van der Waals surface area contributed by atoms with E-state index in [9.17, 15) is 4.79 Å². The van der Waals surface area contributed by atoms with Crippen molar-refractivity contribution in [3.63, 3.8) is 0 Å². The minimum absolute atomic E-state index is 0.0583. The Morgan fingerprint density at radius 1 is 1.60 bits per heavy atom. The van der Waals surface area contributed by atoms with Gasteiger partial charge in [-0.3, -0.25) is 4.79 Å². The number of halogens is 1. The van der Waals surface area contributed by atoms with Crippen LogP contribution in [0.4, 0.5) is 5.69 Å². The summed E-state index contributed by atoms with van der Waals surface area (Å²) in [5, 5.41) is 7.71. The number of nitrogens with one attached hydrogen (secondary N) is 1. The number of rotatable bonds is 4. The van der Waals surface area contributed by atoms with Gasteiger partial charge in [0.05, 0.1) is 23.5 Å². The van der Waals surface area contributed by atoms with Crippen LogP contribution in [0.1, 0.15) is 33.1 Å². The van der Waals surface area contributed by atoms with Gasteiger partial charge in [-0.1, -0.05) is 0 Å². The maximum Gasteiger partial charge on any atom is 0.283 e. The molecule has 0 aromatic carbocycles. The molecule has 1 aliphatic carbocycles. The predicted octanol–water partition coefficient (Wildman–Crippen LogP) is 2.40. The van der Waals surface area contributed by atoms with E-state index in [2.05, 4.69) is 40.2 Å². The van der Waals surface area contributed by atoms with Gasteiger partial charge in [-0.05, 0) is 55.0 Å². The van der Waals surface area contributed by atoms with E-state index in [0.29, 0.717) is 10.4 Å². The van der Waals surface area contributed by atoms with Crippen LogP contribution in [0.25, 0.3) is 0 Å². The largest absolute Gasteiger partial charge is 0.376 e. The zero-order chi connectivity index (χ0) is 14.3. The molecular formula is C14H20BrN3O2. The molecule has 2 fully saturated rings. The molecule has 1 aliphatic heterocycles. The third kappa shape index (κ3) is 2.63. The Kier molecular flexibility index (Phi) is 3.62. The SMILES string of the molecule is CC1OCCC1(C)Nc1cnn(CC2CC2)c(=O)c1Br. The summed E-state index contributed by atoms with van der Waals surface area (Å²) < 4.78 is 7.74. The zero-order valence-electron chi connectivity index (χ0n) is 11.9. The van der Waals surface area contributed by atoms with Crippen LogP contribution < -0.4 is 10.9 Å². The summed E-state index contributed by atoms with van der Waals surface area (Å²) in [5.74, 6) is 0.631. The first kappa shape index (κ1) is 14.1. The number of ether oxygens (including phenoxy) is 1. The normalized spacial score (nSPS) is 29.6. The third-order valence-corrected chi connectivity index (χ3v) is 5.19. The first-order valence-corrected chi connectivity index (χ1v) is 7.94. The lowest BCUT2D eigenvalue weighted by Crippen LogP contribution is -2.42. The fraction of sp³-hybridized carbons (Fsp3) is 0.714. The zero-order valence-corrected chi connectivity index (χ0v) is 13.4. The van der Waals surface area contributed by atoms with Crippen LogP contribution in [-0.2, 0) is 11.3 Å². The fourth-order valence-electron chi connectivity index (χ4n) is 2.53. The van der Waals surface area contributed by atoms with Crippen molar-refractivity contribution >= 4 is 21.6 Å². The fourth-order valence-corrected chi connectivity index (χ4v) is 2.94. The second-order valence-corrected chi connectivity index (χ2v) is 6.90. The smallest absolute Gasteiger partial charge is 0.283 e. The molecule has 6 heteroatoms. The van der Waals surface area contributed by atoms with Crippen LogP contribution in [-0.4, -0.2) is 28.0 Å². The summed E-state index contributed by atoms with van der Waals surface area (Å²) >= 11 is 3.42. The van der Waals surface area contributed by atoms with Gasteiger partial charge in [0.1, 0.15) is 4.47 Å². The van der Waals surface area contributed by atoms with Crippen molar-refractivity contribution in [3.05, 3.63) is 21.0 Å². The Bertz CT molecular complexity index is 570. The van der Waals surface area contributed by atoms with Gasteiger partial charge in [0.25, 0.3) is 5.56 Å². The Balaban J connectivity index is 1.83.